The third-order valence-electron chi connectivity index (χ3n) is 6.55. The maximum atomic E-state index is 14.7. The number of piperidine rings is 1. The molecule has 3 fully saturated rings. The Morgan fingerprint density at radius 3 is 2.71 bits per heavy atom. The Morgan fingerprint density at radius 1 is 1.29 bits per heavy atom. The number of benzene rings is 1. The molecule has 3 aliphatic rings. The normalized spacial score (nSPS) is 25.2. The highest BCUT2D eigenvalue weighted by Gasteiger charge is 2.56. The molecule has 4 atom stereocenters. The van der Waals surface area contributed by atoms with Crippen molar-refractivity contribution in [3.8, 4) is 5.75 Å². The van der Waals surface area contributed by atoms with Crippen molar-refractivity contribution in [3.05, 3.63) is 46.3 Å². The second-order valence-electron chi connectivity index (χ2n) is 8.74. The van der Waals surface area contributed by atoms with E-state index in [9.17, 15) is 24.1 Å². The number of hydrogen-bond acceptors (Lipinski definition) is 8. The van der Waals surface area contributed by atoms with Crippen molar-refractivity contribution < 1.29 is 28.4 Å². The molecular formula is C22H23FN4O6S. The molecule has 1 N–H and O–H groups in total. The van der Waals surface area contributed by atoms with Crippen molar-refractivity contribution in [2.45, 2.75) is 13.0 Å². The molecule has 2 aliphatic heterocycles. The minimum Gasteiger partial charge on any atom is -0.490 e. The summed E-state index contributed by atoms with van der Waals surface area (Å²) in [5.41, 5.74) is 0.365. The van der Waals surface area contributed by atoms with Crippen LogP contribution in [-0.4, -0.2) is 55.8 Å². The molecule has 1 aromatic carbocycles. The van der Waals surface area contributed by atoms with Gasteiger partial charge >= 0.3 is 11.1 Å². The van der Waals surface area contributed by atoms with Gasteiger partial charge in [-0.3, -0.25) is 19.8 Å². The number of nitro groups is 1. The third kappa shape index (κ3) is 4.37. The zero-order valence-electron chi connectivity index (χ0n) is 18.3. The number of anilines is 2. The van der Waals surface area contributed by atoms with Gasteiger partial charge in [0.25, 0.3) is 0 Å². The van der Waals surface area contributed by atoms with Crippen molar-refractivity contribution >= 4 is 39.0 Å². The van der Waals surface area contributed by atoms with Crippen molar-refractivity contribution in [2.24, 2.45) is 17.8 Å². The predicted molar refractivity (Wildman–Crippen MR) is 122 cm³/mol. The summed E-state index contributed by atoms with van der Waals surface area (Å²) in [7, 11) is 0. The number of halogens is 1. The standard InChI is InChI=1S/C22H23FN4O6S/c1-12(28)24-7-14-8-26(22(29)33-14)13-2-3-19(18(23)6-13)32-11-17-15-9-25(10-16(15)17)20-4-5-21(34-20)27(30)31/h2-6,14-17H,7-11H2,1H3,(H,24,28)/t14-,15-,16+,17+/m0/s1. The lowest BCUT2D eigenvalue weighted by Gasteiger charge is -2.20. The lowest BCUT2D eigenvalue weighted by molar-refractivity contribution is -0.380. The Bertz CT molecular complexity index is 1130. The first-order chi connectivity index (χ1) is 16.3. The highest BCUT2D eigenvalue weighted by atomic mass is 32.1. The molecule has 5 rings (SSSR count). The Kier molecular flexibility index (Phi) is 5.76. The number of carbonyl (C=O) groups excluding carboxylic acids is 2. The van der Waals surface area contributed by atoms with E-state index in [-0.39, 0.29) is 34.7 Å². The fourth-order valence-corrected chi connectivity index (χ4v) is 5.56. The van der Waals surface area contributed by atoms with E-state index in [0.29, 0.717) is 30.0 Å². The maximum absolute atomic E-state index is 14.7. The Labute approximate surface area is 198 Å². The molecule has 180 valence electrons. The molecule has 34 heavy (non-hydrogen) atoms. The van der Waals surface area contributed by atoms with Gasteiger partial charge in [0, 0.05) is 38.1 Å². The Balaban J connectivity index is 1.12. The number of rotatable bonds is 8. The second kappa shape index (κ2) is 8.75. The average Bonchev–Trinajstić information content (AvgIpc) is 3.26. The van der Waals surface area contributed by atoms with Crippen molar-refractivity contribution in [1.82, 2.24) is 5.32 Å². The summed E-state index contributed by atoms with van der Waals surface area (Å²) in [4.78, 5) is 37.2. The topological polar surface area (TPSA) is 114 Å². The van der Waals surface area contributed by atoms with Crippen LogP contribution in [0.25, 0.3) is 0 Å². The van der Waals surface area contributed by atoms with E-state index in [0.717, 1.165) is 18.1 Å². The summed E-state index contributed by atoms with van der Waals surface area (Å²) >= 11 is 1.18. The summed E-state index contributed by atoms with van der Waals surface area (Å²) in [5.74, 6) is 0.543. The van der Waals surface area contributed by atoms with Crippen LogP contribution in [0.15, 0.2) is 30.3 Å². The van der Waals surface area contributed by atoms with Crippen LogP contribution in [0.4, 0.5) is 24.9 Å². The van der Waals surface area contributed by atoms with Crippen LogP contribution in [-0.2, 0) is 9.53 Å². The molecule has 1 saturated carbocycles. The molecule has 3 heterocycles. The van der Waals surface area contributed by atoms with Crippen molar-refractivity contribution in [3.63, 3.8) is 0 Å². The van der Waals surface area contributed by atoms with Crippen LogP contribution in [0.5, 0.6) is 5.75 Å². The van der Waals surface area contributed by atoms with Crippen LogP contribution in [0.3, 0.4) is 0 Å². The number of thiophene rings is 1. The lowest BCUT2D eigenvalue weighted by Crippen LogP contribution is -2.33. The van der Waals surface area contributed by atoms with Crippen molar-refractivity contribution in [1.29, 1.82) is 0 Å². The van der Waals surface area contributed by atoms with Crippen LogP contribution in [0, 0.1) is 33.7 Å². The van der Waals surface area contributed by atoms with Crippen LogP contribution in [0.2, 0.25) is 0 Å². The molecule has 0 bridgehead atoms. The molecule has 0 radical (unpaired) electrons. The fraction of sp³-hybridized carbons (Fsp3) is 0.455. The van der Waals surface area contributed by atoms with Crippen LogP contribution < -0.4 is 19.9 Å². The van der Waals surface area contributed by atoms with Gasteiger partial charge < -0.3 is 19.7 Å². The highest BCUT2D eigenvalue weighted by molar-refractivity contribution is 7.19. The number of ether oxygens (including phenoxy) is 2. The molecule has 2 amide bonds. The lowest BCUT2D eigenvalue weighted by atomic mass is 10.2. The molecule has 2 aromatic rings. The third-order valence-corrected chi connectivity index (χ3v) is 7.65. The highest BCUT2D eigenvalue weighted by Crippen LogP contribution is 2.53. The molecule has 0 unspecified atom stereocenters. The number of carbonyl (C=O) groups is 2. The first kappa shape index (κ1) is 22.4. The van der Waals surface area contributed by atoms with Gasteiger partial charge in [-0.1, -0.05) is 0 Å². The molecule has 1 aromatic heterocycles. The van der Waals surface area contributed by atoms with E-state index in [1.807, 2.05) is 0 Å². The number of cyclic esters (lactones) is 1. The largest absolute Gasteiger partial charge is 0.490 e. The molecule has 12 heteroatoms. The first-order valence-electron chi connectivity index (χ1n) is 10.9. The number of fused-ring (bicyclic) bond motifs is 1. The van der Waals surface area contributed by atoms with E-state index in [1.165, 1.54) is 41.4 Å². The van der Waals surface area contributed by atoms with Gasteiger partial charge in [0.2, 0.25) is 5.91 Å². The number of nitrogens with one attached hydrogen (secondary N) is 1. The number of amides is 2. The zero-order valence-corrected chi connectivity index (χ0v) is 19.1. The van der Waals surface area contributed by atoms with Gasteiger partial charge in [-0.05, 0) is 41.4 Å². The second-order valence-corrected chi connectivity index (χ2v) is 9.79. The SMILES string of the molecule is CC(=O)NC[C@H]1CN(c2ccc(OC[C@@H]3[C@H]4CN(c5ccc([N+](=O)[O-])s5)C[C@@H]34)c(F)c2)C(=O)O1. The van der Waals surface area contributed by atoms with Crippen LogP contribution in [0.1, 0.15) is 6.92 Å². The quantitative estimate of drug-likeness (QED) is 0.447. The average molecular weight is 491 g/mol. The summed E-state index contributed by atoms with van der Waals surface area (Å²) in [5, 5.41) is 14.5. The van der Waals surface area contributed by atoms with Crippen molar-refractivity contribution in [2.75, 3.05) is 42.6 Å². The van der Waals surface area contributed by atoms with E-state index < -0.39 is 18.0 Å². The molecule has 2 saturated heterocycles. The van der Waals surface area contributed by atoms with E-state index in [1.54, 1.807) is 12.1 Å². The van der Waals surface area contributed by atoms with Gasteiger partial charge in [-0.15, -0.1) is 0 Å². The van der Waals surface area contributed by atoms with Gasteiger partial charge in [0.1, 0.15) is 6.10 Å². The molecule has 10 nitrogen and oxygen atoms in total. The summed E-state index contributed by atoms with van der Waals surface area (Å²) < 4.78 is 25.6. The Hall–Kier alpha value is -3.41. The fourth-order valence-electron chi connectivity index (χ4n) is 4.72. The summed E-state index contributed by atoms with van der Waals surface area (Å²) in [6, 6.07) is 7.68. The smallest absolute Gasteiger partial charge is 0.414 e. The van der Waals surface area contributed by atoms with Gasteiger partial charge in [0.05, 0.1) is 35.3 Å². The summed E-state index contributed by atoms with van der Waals surface area (Å²) in [6.45, 7) is 3.82. The monoisotopic (exact) mass is 490 g/mol. The predicted octanol–water partition coefficient (Wildman–Crippen LogP) is 3.02. The zero-order chi connectivity index (χ0) is 24.0. The van der Waals surface area contributed by atoms with Gasteiger partial charge in [-0.2, -0.15) is 0 Å². The minimum absolute atomic E-state index is 0.127. The van der Waals surface area contributed by atoms with Crippen LogP contribution >= 0.6 is 11.3 Å². The minimum atomic E-state index is -0.588. The van der Waals surface area contributed by atoms with E-state index in [2.05, 4.69) is 10.2 Å². The molecule has 0 spiro atoms. The summed E-state index contributed by atoms with van der Waals surface area (Å²) in [6.07, 6.45) is -1.08. The molecule has 1 aliphatic carbocycles. The maximum Gasteiger partial charge on any atom is 0.414 e. The van der Waals surface area contributed by atoms with Gasteiger partial charge in [-0.25, -0.2) is 9.18 Å². The van der Waals surface area contributed by atoms with E-state index in [4.69, 9.17) is 9.47 Å². The number of nitrogens with zero attached hydrogens (tertiary/aromatic N) is 3. The number of hydrogen-bond donors (Lipinski definition) is 1. The molecular weight excluding hydrogens is 467 g/mol. The first-order valence-corrected chi connectivity index (χ1v) is 11.8. The van der Waals surface area contributed by atoms with Gasteiger partial charge in [0.15, 0.2) is 11.6 Å². The van der Waals surface area contributed by atoms with E-state index >= 15 is 0 Å². The Morgan fingerprint density at radius 2 is 2.06 bits per heavy atom.